The molecule has 2 atom stereocenters. The Hall–Kier alpha value is 0.250. The van der Waals surface area contributed by atoms with Gasteiger partial charge in [0, 0.05) is 12.5 Å². The van der Waals surface area contributed by atoms with Crippen molar-refractivity contribution in [2.75, 3.05) is 12.5 Å². The quantitative estimate of drug-likeness (QED) is 0.567. The molecule has 1 rings (SSSR count). The maximum absolute atomic E-state index is 5.75. The van der Waals surface area contributed by atoms with Crippen molar-refractivity contribution in [1.82, 2.24) is 0 Å². The topological polar surface area (TPSA) is 9.23 Å². The summed E-state index contributed by atoms with van der Waals surface area (Å²) < 4.78 is 5.50. The average molecular weight is 163 g/mol. The fourth-order valence-electron chi connectivity index (χ4n) is 1.38. The van der Waals surface area contributed by atoms with Crippen molar-refractivity contribution < 1.29 is 4.74 Å². The smallest absolute Gasteiger partial charge is 0.0575 e. The predicted octanol–water partition coefficient (Wildman–Crippen LogP) is 2.43. The molecule has 0 radical (unpaired) electrons. The molecule has 0 aromatic rings. The molecule has 0 amide bonds. The lowest BCUT2D eigenvalue weighted by Crippen LogP contribution is -2.25. The first-order chi connectivity index (χ1) is 4.86. The van der Waals surface area contributed by atoms with E-state index in [1.165, 1.54) is 6.42 Å². The monoisotopic (exact) mass is 162 g/mol. The Labute approximate surface area is 67.7 Å². The summed E-state index contributed by atoms with van der Waals surface area (Å²) in [7, 11) is 0. The summed E-state index contributed by atoms with van der Waals surface area (Å²) in [5.41, 5.74) is 0. The van der Waals surface area contributed by atoms with E-state index >= 15 is 0 Å². The van der Waals surface area contributed by atoms with E-state index in [0.29, 0.717) is 12.0 Å². The zero-order valence-corrected chi connectivity index (χ0v) is 7.23. The lowest BCUT2D eigenvalue weighted by atomic mass is 9.96. The minimum absolute atomic E-state index is 0.484. The van der Waals surface area contributed by atoms with Gasteiger partial charge in [0.05, 0.1) is 6.10 Å². The standard InChI is InChI=1S/C8H15ClO/c1-2-8-5-7(6-9)3-4-10-8/h7-8H,2-6H2,1H3. The number of halogens is 1. The maximum Gasteiger partial charge on any atom is 0.0575 e. The van der Waals surface area contributed by atoms with E-state index in [1.54, 1.807) is 0 Å². The molecule has 0 bridgehead atoms. The lowest BCUT2D eigenvalue weighted by molar-refractivity contribution is -0.00575. The third-order valence-electron chi connectivity index (χ3n) is 2.15. The number of alkyl halides is 1. The molecule has 1 saturated heterocycles. The van der Waals surface area contributed by atoms with E-state index in [9.17, 15) is 0 Å². The van der Waals surface area contributed by atoms with Gasteiger partial charge in [-0.05, 0) is 25.2 Å². The van der Waals surface area contributed by atoms with Crippen LogP contribution >= 0.6 is 11.6 Å². The van der Waals surface area contributed by atoms with Crippen molar-refractivity contribution in [3.8, 4) is 0 Å². The summed E-state index contributed by atoms with van der Waals surface area (Å²) in [5.74, 6) is 1.51. The van der Waals surface area contributed by atoms with Crippen LogP contribution in [0.1, 0.15) is 26.2 Å². The van der Waals surface area contributed by atoms with Gasteiger partial charge in [0.2, 0.25) is 0 Å². The summed E-state index contributed by atoms with van der Waals surface area (Å²) in [5, 5.41) is 0. The lowest BCUT2D eigenvalue weighted by Gasteiger charge is -2.27. The van der Waals surface area contributed by atoms with Crippen molar-refractivity contribution >= 4 is 11.6 Å². The van der Waals surface area contributed by atoms with Gasteiger partial charge in [-0.2, -0.15) is 0 Å². The van der Waals surface area contributed by atoms with Gasteiger partial charge in [-0.3, -0.25) is 0 Å². The third-order valence-corrected chi connectivity index (χ3v) is 2.59. The van der Waals surface area contributed by atoms with E-state index in [-0.39, 0.29) is 0 Å². The maximum atomic E-state index is 5.75. The molecule has 0 N–H and O–H groups in total. The van der Waals surface area contributed by atoms with Crippen molar-refractivity contribution in [1.29, 1.82) is 0 Å². The fourth-order valence-corrected chi connectivity index (χ4v) is 1.66. The molecule has 1 heterocycles. The van der Waals surface area contributed by atoms with Crippen LogP contribution in [0.4, 0.5) is 0 Å². The van der Waals surface area contributed by atoms with Crippen LogP contribution in [0.5, 0.6) is 0 Å². The van der Waals surface area contributed by atoms with Crippen LogP contribution in [-0.2, 0) is 4.74 Å². The van der Waals surface area contributed by atoms with Gasteiger partial charge in [-0.1, -0.05) is 6.92 Å². The fraction of sp³-hybridized carbons (Fsp3) is 1.00. The Morgan fingerprint density at radius 2 is 2.40 bits per heavy atom. The summed E-state index contributed by atoms with van der Waals surface area (Å²) in [6.07, 6.45) is 3.94. The molecule has 1 fully saturated rings. The van der Waals surface area contributed by atoms with Gasteiger partial charge in [-0.15, -0.1) is 11.6 Å². The van der Waals surface area contributed by atoms with Crippen LogP contribution in [0.25, 0.3) is 0 Å². The van der Waals surface area contributed by atoms with Crippen LogP contribution in [0.2, 0.25) is 0 Å². The van der Waals surface area contributed by atoms with Gasteiger partial charge >= 0.3 is 0 Å². The predicted molar refractivity (Wildman–Crippen MR) is 43.5 cm³/mol. The Morgan fingerprint density at radius 1 is 1.60 bits per heavy atom. The van der Waals surface area contributed by atoms with Crippen LogP contribution in [0.3, 0.4) is 0 Å². The van der Waals surface area contributed by atoms with E-state index < -0.39 is 0 Å². The highest BCUT2D eigenvalue weighted by atomic mass is 35.5. The summed E-state index contributed by atoms with van der Waals surface area (Å²) >= 11 is 5.75. The van der Waals surface area contributed by atoms with Crippen molar-refractivity contribution in [3.05, 3.63) is 0 Å². The second-order valence-corrected chi connectivity index (χ2v) is 3.25. The summed E-state index contributed by atoms with van der Waals surface area (Å²) in [6.45, 7) is 3.08. The first kappa shape index (κ1) is 8.35. The molecule has 0 aromatic heterocycles. The van der Waals surface area contributed by atoms with Crippen LogP contribution in [0, 0.1) is 5.92 Å². The second kappa shape index (κ2) is 4.20. The first-order valence-corrected chi connectivity index (χ1v) is 4.57. The second-order valence-electron chi connectivity index (χ2n) is 2.95. The Balaban J connectivity index is 2.25. The Bertz CT molecular complexity index is 85.3. The van der Waals surface area contributed by atoms with Gasteiger partial charge in [-0.25, -0.2) is 0 Å². The van der Waals surface area contributed by atoms with Gasteiger partial charge in [0.25, 0.3) is 0 Å². The van der Waals surface area contributed by atoms with Gasteiger partial charge in [0.1, 0.15) is 0 Å². The molecular weight excluding hydrogens is 148 g/mol. The molecule has 60 valence electrons. The van der Waals surface area contributed by atoms with E-state index in [2.05, 4.69) is 6.92 Å². The molecule has 0 aromatic carbocycles. The molecule has 1 aliphatic heterocycles. The molecule has 0 saturated carbocycles. The highest BCUT2D eigenvalue weighted by Crippen LogP contribution is 2.22. The van der Waals surface area contributed by atoms with Gasteiger partial charge < -0.3 is 4.74 Å². The molecule has 1 nitrogen and oxygen atoms in total. The molecule has 1 aliphatic rings. The number of hydrogen-bond acceptors (Lipinski definition) is 1. The minimum Gasteiger partial charge on any atom is -0.378 e. The Kier molecular flexibility index (Phi) is 3.50. The molecular formula is C8H15ClO. The van der Waals surface area contributed by atoms with Crippen LogP contribution in [-0.4, -0.2) is 18.6 Å². The number of hydrogen-bond donors (Lipinski definition) is 0. The van der Waals surface area contributed by atoms with Crippen molar-refractivity contribution in [2.24, 2.45) is 5.92 Å². The molecule has 10 heavy (non-hydrogen) atoms. The molecule has 2 heteroatoms. The van der Waals surface area contributed by atoms with Crippen LogP contribution < -0.4 is 0 Å². The highest BCUT2D eigenvalue weighted by Gasteiger charge is 2.19. The highest BCUT2D eigenvalue weighted by molar-refractivity contribution is 6.18. The first-order valence-electron chi connectivity index (χ1n) is 4.04. The van der Waals surface area contributed by atoms with Gasteiger partial charge in [0.15, 0.2) is 0 Å². The number of ether oxygens (including phenoxy) is 1. The van der Waals surface area contributed by atoms with Crippen LogP contribution in [0.15, 0.2) is 0 Å². The minimum atomic E-state index is 0.484. The zero-order valence-electron chi connectivity index (χ0n) is 6.48. The van der Waals surface area contributed by atoms with E-state index in [4.69, 9.17) is 16.3 Å². The molecule has 0 aliphatic carbocycles. The third kappa shape index (κ3) is 2.14. The zero-order chi connectivity index (χ0) is 7.40. The summed E-state index contributed by atoms with van der Waals surface area (Å²) in [6, 6.07) is 0. The normalized spacial score (nSPS) is 34.2. The van der Waals surface area contributed by atoms with E-state index in [1.807, 2.05) is 0 Å². The summed E-state index contributed by atoms with van der Waals surface area (Å²) in [4.78, 5) is 0. The molecule has 0 spiro atoms. The van der Waals surface area contributed by atoms with Crippen molar-refractivity contribution in [2.45, 2.75) is 32.3 Å². The van der Waals surface area contributed by atoms with E-state index in [0.717, 1.165) is 25.3 Å². The Morgan fingerprint density at radius 3 is 3.00 bits per heavy atom. The SMILES string of the molecule is CCC1CC(CCl)CCO1. The largest absolute Gasteiger partial charge is 0.378 e. The molecule has 2 unspecified atom stereocenters. The average Bonchev–Trinajstić information content (AvgIpc) is 2.05. The number of rotatable bonds is 2. The van der Waals surface area contributed by atoms with Crippen molar-refractivity contribution in [3.63, 3.8) is 0 Å².